The summed E-state index contributed by atoms with van der Waals surface area (Å²) >= 11 is 0. The van der Waals surface area contributed by atoms with Gasteiger partial charge in [0.15, 0.2) is 0 Å². The summed E-state index contributed by atoms with van der Waals surface area (Å²) in [5, 5.41) is 59.5. The fourth-order valence-corrected chi connectivity index (χ4v) is 7.29. The van der Waals surface area contributed by atoms with Crippen LogP contribution in [0.4, 0.5) is 0 Å². The topological polar surface area (TPSA) is 160 Å². The van der Waals surface area contributed by atoms with E-state index in [1.54, 1.807) is 20.8 Å². The largest absolute Gasteiger partial charge is 0.459 e. The average Bonchev–Trinajstić information content (AvgIpc) is 3.16. The lowest BCUT2D eigenvalue weighted by Gasteiger charge is -2.43. The molecule has 1 fully saturated rings. The van der Waals surface area contributed by atoms with E-state index in [0.29, 0.717) is 38.9 Å². The Bertz CT molecular complexity index is 1290. The molecule has 1 saturated heterocycles. The fraction of sp³-hybridized carbons (Fsp3) is 0.696. The highest BCUT2D eigenvalue weighted by Gasteiger charge is 2.47. The molecule has 0 bridgehead atoms. The molecule has 0 aromatic heterocycles. The highest BCUT2D eigenvalue weighted by atomic mass is 16.6. The van der Waals surface area contributed by atoms with Crippen LogP contribution in [0, 0.1) is 17.8 Å². The Morgan fingerprint density at radius 1 is 0.804 bits per heavy atom. The molecule has 0 spiro atoms. The second kappa shape index (κ2) is 27.7. The number of carbonyl (C=O) groups excluding carboxylic acids is 2. The number of aliphatic hydroxyl groups is 5. The smallest absolute Gasteiger partial charge is 0.311 e. The number of amides is 1. The number of esters is 1. The molecule has 1 rings (SSSR count). The van der Waals surface area contributed by atoms with Crippen LogP contribution in [0.25, 0.3) is 0 Å². The van der Waals surface area contributed by atoms with Crippen molar-refractivity contribution in [3.8, 4) is 0 Å². The number of cyclic esters (lactones) is 1. The molecule has 1 amide bonds. The summed E-state index contributed by atoms with van der Waals surface area (Å²) < 4.78 is 5.68. The van der Waals surface area contributed by atoms with Crippen LogP contribution in [0.2, 0.25) is 0 Å². The number of allylic oxidation sites excluding steroid dienone is 12. The van der Waals surface area contributed by atoms with E-state index in [1.807, 2.05) is 17.9 Å². The van der Waals surface area contributed by atoms with E-state index in [-0.39, 0.29) is 24.7 Å². The van der Waals surface area contributed by atoms with Gasteiger partial charge in [0.25, 0.3) is 0 Å². The third kappa shape index (κ3) is 19.1. The van der Waals surface area contributed by atoms with Crippen molar-refractivity contribution in [3.05, 3.63) is 72.9 Å². The van der Waals surface area contributed by atoms with Gasteiger partial charge in [0, 0.05) is 38.0 Å². The molecular formula is C46H78N2O8. The Morgan fingerprint density at radius 3 is 1.80 bits per heavy atom. The maximum atomic E-state index is 13.1. The predicted octanol–water partition coefficient (Wildman–Crippen LogP) is 6.88. The van der Waals surface area contributed by atoms with Gasteiger partial charge in [0.1, 0.15) is 17.8 Å². The Kier molecular flexibility index (Phi) is 25.3. The normalized spacial score (nSPS) is 32.3. The SMILES string of the molecule is CC/C=C\C/C=C\C/C=C\C/C=C\C/C=C\C/C=C\CCC(=O)NCCCN1C[C@H](C)C[C@@](C)(O)[C@H](O)[C@@H](C)[C@H](O)[C@@H](C)C(=O)O[C@H](CC)[C@@](C)(O)[C@H](O)[C@H]1C. The first-order valence-corrected chi connectivity index (χ1v) is 21.1. The summed E-state index contributed by atoms with van der Waals surface area (Å²) in [5.74, 6) is -2.88. The molecule has 0 radical (unpaired) electrons. The summed E-state index contributed by atoms with van der Waals surface area (Å²) in [5.41, 5.74) is -3.39. The van der Waals surface area contributed by atoms with Gasteiger partial charge in [-0.25, -0.2) is 0 Å². The van der Waals surface area contributed by atoms with Crippen LogP contribution in [0.5, 0.6) is 0 Å². The number of nitrogens with one attached hydrogen (secondary N) is 1. The van der Waals surface area contributed by atoms with E-state index >= 15 is 0 Å². The number of hydrogen-bond acceptors (Lipinski definition) is 9. The molecule has 6 N–H and O–H groups in total. The van der Waals surface area contributed by atoms with E-state index in [4.69, 9.17) is 4.74 Å². The van der Waals surface area contributed by atoms with E-state index < -0.39 is 59.5 Å². The van der Waals surface area contributed by atoms with E-state index in [2.05, 4.69) is 79.1 Å². The predicted molar refractivity (Wildman–Crippen MR) is 228 cm³/mol. The van der Waals surface area contributed by atoms with Crippen molar-refractivity contribution in [2.75, 3.05) is 19.6 Å². The van der Waals surface area contributed by atoms with Gasteiger partial charge in [-0.2, -0.15) is 0 Å². The Balaban J connectivity index is 2.66. The molecule has 0 aliphatic carbocycles. The summed E-state index contributed by atoms with van der Waals surface area (Å²) in [6.45, 7) is 15.0. The second-order valence-electron chi connectivity index (χ2n) is 16.1. The zero-order valence-corrected chi connectivity index (χ0v) is 35.9. The molecule has 0 unspecified atom stereocenters. The van der Waals surface area contributed by atoms with Crippen molar-refractivity contribution in [3.63, 3.8) is 0 Å². The molecule has 0 aromatic rings. The number of rotatable bonds is 19. The lowest BCUT2D eigenvalue weighted by atomic mass is 9.78. The summed E-state index contributed by atoms with van der Waals surface area (Å²) in [4.78, 5) is 27.7. The minimum absolute atomic E-state index is 0.0471. The molecule has 10 atom stereocenters. The van der Waals surface area contributed by atoms with Crippen molar-refractivity contribution in [1.82, 2.24) is 10.2 Å². The van der Waals surface area contributed by atoms with Crippen LogP contribution < -0.4 is 5.32 Å². The monoisotopic (exact) mass is 787 g/mol. The van der Waals surface area contributed by atoms with Gasteiger partial charge in [-0.3, -0.25) is 14.5 Å². The number of nitrogens with zero attached hydrogens (tertiary/aromatic N) is 1. The maximum Gasteiger partial charge on any atom is 0.311 e. The first kappa shape index (κ1) is 51.2. The van der Waals surface area contributed by atoms with Crippen molar-refractivity contribution in [2.24, 2.45) is 17.8 Å². The lowest BCUT2D eigenvalue weighted by Crippen LogP contribution is -2.59. The molecule has 1 aliphatic heterocycles. The van der Waals surface area contributed by atoms with E-state index in [0.717, 1.165) is 38.5 Å². The molecule has 10 nitrogen and oxygen atoms in total. The van der Waals surface area contributed by atoms with Crippen LogP contribution in [0.3, 0.4) is 0 Å². The van der Waals surface area contributed by atoms with Gasteiger partial charge in [0.05, 0.1) is 23.7 Å². The minimum Gasteiger partial charge on any atom is -0.459 e. The van der Waals surface area contributed by atoms with Crippen LogP contribution in [0.1, 0.15) is 126 Å². The van der Waals surface area contributed by atoms with E-state index in [9.17, 15) is 35.1 Å². The Labute approximate surface area is 339 Å². The van der Waals surface area contributed by atoms with E-state index in [1.165, 1.54) is 20.8 Å². The van der Waals surface area contributed by atoms with Gasteiger partial charge >= 0.3 is 5.97 Å². The number of carbonyl (C=O) groups is 2. The van der Waals surface area contributed by atoms with Crippen LogP contribution >= 0.6 is 0 Å². The summed E-state index contributed by atoms with van der Waals surface area (Å²) in [6, 6.07) is -0.592. The average molecular weight is 787 g/mol. The maximum absolute atomic E-state index is 13.1. The Morgan fingerprint density at radius 2 is 1.30 bits per heavy atom. The number of ether oxygens (including phenoxy) is 1. The lowest BCUT2D eigenvalue weighted by molar-refractivity contribution is -0.193. The van der Waals surface area contributed by atoms with Crippen molar-refractivity contribution in [1.29, 1.82) is 0 Å². The highest BCUT2D eigenvalue weighted by molar-refractivity contribution is 5.76. The summed E-state index contributed by atoms with van der Waals surface area (Å²) in [6.07, 6.45) is 28.5. The molecule has 320 valence electrons. The Hall–Kier alpha value is -2.86. The third-order valence-corrected chi connectivity index (χ3v) is 10.9. The van der Waals surface area contributed by atoms with Gasteiger partial charge in [0.2, 0.25) is 5.91 Å². The van der Waals surface area contributed by atoms with Gasteiger partial charge in [-0.05, 0) is 97.8 Å². The molecule has 1 heterocycles. The number of hydrogen-bond donors (Lipinski definition) is 6. The van der Waals surface area contributed by atoms with Gasteiger partial charge in [-0.1, -0.05) is 101 Å². The first-order valence-electron chi connectivity index (χ1n) is 21.1. The standard InChI is InChI=1S/C46H78N2O8/c1-9-11-12-13-14-15-16-17-18-19-20-21-22-23-24-25-26-27-28-30-40(49)47-31-29-32-48-34-35(3)33-45(7,54)42(51)36(4)41(50)37(5)44(53)56-39(10-2)46(8,55)43(52)38(48)6/h11-12,14-15,17-18,20-21,23-24,26-27,35-39,41-43,50-52,54-55H,9-10,13,16,19,22,25,28-34H2,1-8H3,(H,47,49)/b12-11-,15-14-,18-17-,21-20-,24-23-,27-26-/t35-,36+,37-,38-,39-,41+,42-,43-,45-,46-/m1/s1. The van der Waals surface area contributed by atoms with Crippen LogP contribution in [0.15, 0.2) is 72.9 Å². The molecule has 1 aliphatic rings. The van der Waals surface area contributed by atoms with Crippen molar-refractivity contribution in [2.45, 2.75) is 168 Å². The second-order valence-corrected chi connectivity index (χ2v) is 16.1. The fourth-order valence-electron chi connectivity index (χ4n) is 7.29. The quantitative estimate of drug-likeness (QED) is 0.0466. The first-order chi connectivity index (χ1) is 26.5. The molecular weight excluding hydrogens is 709 g/mol. The molecule has 56 heavy (non-hydrogen) atoms. The van der Waals surface area contributed by atoms with Gasteiger partial charge < -0.3 is 35.6 Å². The summed E-state index contributed by atoms with van der Waals surface area (Å²) in [7, 11) is 0. The van der Waals surface area contributed by atoms with Crippen molar-refractivity contribution >= 4 is 11.9 Å². The molecule has 0 aromatic carbocycles. The third-order valence-electron chi connectivity index (χ3n) is 10.9. The number of aliphatic hydroxyl groups excluding tert-OH is 3. The molecule has 0 saturated carbocycles. The van der Waals surface area contributed by atoms with Crippen molar-refractivity contribution < 1.29 is 39.9 Å². The minimum atomic E-state index is -1.82. The zero-order chi connectivity index (χ0) is 42.1. The van der Waals surface area contributed by atoms with Crippen LogP contribution in [-0.4, -0.2) is 104 Å². The highest BCUT2D eigenvalue weighted by Crippen LogP contribution is 2.32. The van der Waals surface area contributed by atoms with Gasteiger partial charge in [-0.15, -0.1) is 0 Å². The van der Waals surface area contributed by atoms with Crippen LogP contribution in [-0.2, 0) is 14.3 Å². The molecule has 10 heteroatoms. The zero-order valence-electron chi connectivity index (χ0n) is 35.9.